The summed E-state index contributed by atoms with van der Waals surface area (Å²) in [6, 6.07) is 13.6. The van der Waals surface area contributed by atoms with Gasteiger partial charge in [0.25, 0.3) is 10.0 Å². The summed E-state index contributed by atoms with van der Waals surface area (Å²) in [7, 11) is -3.84. The second kappa shape index (κ2) is 11.6. The van der Waals surface area contributed by atoms with Gasteiger partial charge in [-0.15, -0.1) is 0 Å². The standard InChI is InChI=1S/C28H30Cl2N6O3S/c1-3-35(23-5-4-11-34(17-23)26(37)16-31-22-14-20(29)13-21(30)15-22)27-25-10-12-36(28(25)33-18-32-27)40(38,39)24-8-6-19(2)7-9-24/h6-10,12-15,18,23,31H,3-5,11,16-17H2,1-2H3/t23-/m0/s1. The highest BCUT2D eigenvalue weighted by atomic mass is 35.5. The van der Waals surface area contributed by atoms with Gasteiger partial charge in [-0.2, -0.15) is 0 Å². The number of carbonyl (C=O) groups excluding carboxylic acids is 1. The maximum absolute atomic E-state index is 13.4. The molecule has 2 aromatic carbocycles. The number of halogens is 2. The summed E-state index contributed by atoms with van der Waals surface area (Å²) >= 11 is 12.2. The first-order valence-corrected chi connectivity index (χ1v) is 15.3. The van der Waals surface area contributed by atoms with Gasteiger partial charge in [0.15, 0.2) is 5.65 Å². The van der Waals surface area contributed by atoms with E-state index in [9.17, 15) is 13.2 Å². The molecular weight excluding hydrogens is 571 g/mol. The molecule has 1 amide bonds. The van der Waals surface area contributed by atoms with Crippen molar-refractivity contribution in [2.45, 2.75) is 37.6 Å². The molecule has 0 spiro atoms. The van der Waals surface area contributed by atoms with Gasteiger partial charge in [0.2, 0.25) is 5.91 Å². The molecule has 1 fully saturated rings. The minimum atomic E-state index is -3.84. The molecule has 0 saturated carbocycles. The average molecular weight is 602 g/mol. The molecule has 2 aromatic heterocycles. The van der Waals surface area contributed by atoms with Crippen LogP contribution in [0.3, 0.4) is 0 Å². The second-order valence-corrected chi connectivity index (χ2v) is 12.5. The molecule has 0 radical (unpaired) electrons. The van der Waals surface area contributed by atoms with E-state index in [4.69, 9.17) is 23.2 Å². The zero-order chi connectivity index (χ0) is 28.4. The Labute approximate surface area is 243 Å². The third kappa shape index (κ3) is 5.75. The van der Waals surface area contributed by atoms with Gasteiger partial charge >= 0.3 is 0 Å². The minimum Gasteiger partial charge on any atom is -0.376 e. The SMILES string of the molecule is CCN(c1ncnc2c1ccn2S(=O)(=O)c1ccc(C)cc1)[C@H]1CCCN(C(=O)CNc2cc(Cl)cc(Cl)c2)C1. The van der Waals surface area contributed by atoms with E-state index in [1.807, 2.05) is 18.7 Å². The molecule has 210 valence electrons. The van der Waals surface area contributed by atoms with Gasteiger partial charge in [-0.05, 0) is 63.1 Å². The quantitative estimate of drug-likeness (QED) is 0.296. The number of aromatic nitrogens is 3. The van der Waals surface area contributed by atoms with Crippen LogP contribution in [-0.2, 0) is 14.8 Å². The summed E-state index contributed by atoms with van der Waals surface area (Å²) in [5.41, 5.74) is 1.98. The number of anilines is 2. The summed E-state index contributed by atoms with van der Waals surface area (Å²) in [6.45, 7) is 5.87. The first kappa shape index (κ1) is 28.2. The maximum atomic E-state index is 13.4. The van der Waals surface area contributed by atoms with Gasteiger partial charge in [-0.3, -0.25) is 4.79 Å². The number of aryl methyl sites for hydroxylation is 1. The van der Waals surface area contributed by atoms with Crippen LogP contribution >= 0.6 is 23.2 Å². The Kier molecular flexibility index (Phi) is 8.21. The zero-order valence-corrected chi connectivity index (χ0v) is 24.5. The normalized spacial score (nSPS) is 15.8. The number of rotatable bonds is 8. The smallest absolute Gasteiger partial charge is 0.269 e. The molecule has 1 atom stereocenters. The lowest BCUT2D eigenvalue weighted by Gasteiger charge is -2.39. The van der Waals surface area contributed by atoms with Crippen molar-refractivity contribution in [3.8, 4) is 0 Å². The highest BCUT2D eigenvalue weighted by Gasteiger charge is 2.30. The highest BCUT2D eigenvalue weighted by Crippen LogP contribution is 2.30. The summed E-state index contributed by atoms with van der Waals surface area (Å²) in [5, 5.41) is 4.75. The lowest BCUT2D eigenvalue weighted by Crippen LogP contribution is -2.51. The van der Waals surface area contributed by atoms with Gasteiger partial charge in [0, 0.05) is 47.6 Å². The van der Waals surface area contributed by atoms with E-state index < -0.39 is 10.0 Å². The van der Waals surface area contributed by atoms with E-state index in [-0.39, 0.29) is 23.4 Å². The molecule has 5 rings (SSSR count). The topological polar surface area (TPSA) is 100 Å². The molecule has 0 bridgehead atoms. The lowest BCUT2D eigenvalue weighted by atomic mass is 10.0. The Bertz CT molecular complexity index is 1620. The van der Waals surface area contributed by atoms with Gasteiger partial charge < -0.3 is 15.1 Å². The number of likely N-dealkylation sites (tertiary alicyclic amines) is 1. The largest absolute Gasteiger partial charge is 0.376 e. The number of fused-ring (bicyclic) bond motifs is 1. The average Bonchev–Trinajstić information content (AvgIpc) is 3.38. The number of piperidine rings is 1. The number of carbonyl (C=O) groups is 1. The predicted molar refractivity (Wildman–Crippen MR) is 159 cm³/mol. The lowest BCUT2D eigenvalue weighted by molar-refractivity contribution is -0.130. The molecule has 3 heterocycles. The van der Waals surface area contributed by atoms with Crippen LogP contribution in [0.15, 0.2) is 66.0 Å². The van der Waals surface area contributed by atoms with E-state index in [0.717, 1.165) is 18.4 Å². The van der Waals surface area contributed by atoms with E-state index in [1.165, 1.54) is 16.5 Å². The Morgan fingerprint density at radius 3 is 2.52 bits per heavy atom. The number of nitrogens with one attached hydrogen (secondary N) is 1. The molecule has 1 aliphatic heterocycles. The van der Waals surface area contributed by atoms with E-state index in [1.54, 1.807) is 48.5 Å². The van der Waals surface area contributed by atoms with Crippen LogP contribution in [0.5, 0.6) is 0 Å². The first-order chi connectivity index (χ1) is 19.2. The van der Waals surface area contributed by atoms with Crippen molar-refractivity contribution in [3.05, 3.63) is 76.7 Å². The van der Waals surface area contributed by atoms with E-state index >= 15 is 0 Å². The van der Waals surface area contributed by atoms with Crippen molar-refractivity contribution in [1.82, 2.24) is 18.8 Å². The van der Waals surface area contributed by atoms with Crippen molar-refractivity contribution >= 4 is 61.7 Å². The molecule has 12 heteroatoms. The molecule has 1 saturated heterocycles. The van der Waals surface area contributed by atoms with Gasteiger partial charge in [-0.25, -0.2) is 22.4 Å². The van der Waals surface area contributed by atoms with Gasteiger partial charge in [-0.1, -0.05) is 40.9 Å². The van der Waals surface area contributed by atoms with Crippen molar-refractivity contribution in [2.24, 2.45) is 0 Å². The maximum Gasteiger partial charge on any atom is 0.269 e. The van der Waals surface area contributed by atoms with Crippen LogP contribution in [0, 0.1) is 6.92 Å². The van der Waals surface area contributed by atoms with Crippen LogP contribution in [0.2, 0.25) is 10.0 Å². The Hall–Kier alpha value is -3.34. The number of hydrogen-bond donors (Lipinski definition) is 1. The predicted octanol–water partition coefficient (Wildman–Crippen LogP) is 5.21. The highest BCUT2D eigenvalue weighted by molar-refractivity contribution is 7.90. The number of nitrogens with zero attached hydrogens (tertiary/aromatic N) is 5. The third-order valence-electron chi connectivity index (χ3n) is 7.11. The Morgan fingerprint density at radius 2 is 1.82 bits per heavy atom. The van der Waals surface area contributed by atoms with Crippen LogP contribution in [-0.4, -0.2) is 65.4 Å². The van der Waals surface area contributed by atoms with Crippen LogP contribution in [0.1, 0.15) is 25.3 Å². The number of amides is 1. The molecule has 9 nitrogen and oxygen atoms in total. The molecule has 1 N–H and O–H groups in total. The van der Waals surface area contributed by atoms with E-state index in [2.05, 4.69) is 20.2 Å². The summed E-state index contributed by atoms with van der Waals surface area (Å²) in [5.74, 6) is 0.622. The molecular formula is C28H30Cl2N6O3S. The number of benzene rings is 2. The summed E-state index contributed by atoms with van der Waals surface area (Å²) in [4.78, 5) is 26.2. The molecule has 4 aromatic rings. The monoisotopic (exact) mass is 600 g/mol. The Balaban J connectivity index is 1.36. The number of likely N-dealkylation sites (N-methyl/N-ethyl adjacent to an activating group) is 1. The molecule has 40 heavy (non-hydrogen) atoms. The molecule has 1 aliphatic rings. The van der Waals surface area contributed by atoms with Crippen LogP contribution < -0.4 is 10.2 Å². The van der Waals surface area contributed by atoms with Gasteiger partial charge in [0.1, 0.15) is 12.1 Å². The summed E-state index contributed by atoms with van der Waals surface area (Å²) < 4.78 is 28.0. The van der Waals surface area contributed by atoms with Gasteiger partial charge in [0.05, 0.1) is 16.8 Å². The Morgan fingerprint density at radius 1 is 1.10 bits per heavy atom. The van der Waals surface area contributed by atoms with E-state index in [0.29, 0.717) is 52.2 Å². The third-order valence-corrected chi connectivity index (χ3v) is 9.23. The first-order valence-electron chi connectivity index (χ1n) is 13.1. The van der Waals surface area contributed by atoms with Crippen molar-refractivity contribution in [2.75, 3.05) is 36.4 Å². The van der Waals surface area contributed by atoms with Crippen LogP contribution in [0.4, 0.5) is 11.5 Å². The summed E-state index contributed by atoms with van der Waals surface area (Å²) in [6.07, 6.45) is 4.64. The van der Waals surface area contributed by atoms with Crippen molar-refractivity contribution in [1.29, 1.82) is 0 Å². The van der Waals surface area contributed by atoms with Crippen LogP contribution in [0.25, 0.3) is 11.0 Å². The fraction of sp³-hybridized carbons (Fsp3) is 0.321. The molecule has 0 unspecified atom stereocenters. The minimum absolute atomic E-state index is 0.0125. The fourth-order valence-electron chi connectivity index (χ4n) is 5.12. The molecule has 0 aliphatic carbocycles. The zero-order valence-electron chi connectivity index (χ0n) is 22.2. The second-order valence-electron chi connectivity index (χ2n) is 9.80. The number of hydrogen-bond acceptors (Lipinski definition) is 7. The van der Waals surface area contributed by atoms with Crippen molar-refractivity contribution in [3.63, 3.8) is 0 Å². The fourth-order valence-corrected chi connectivity index (χ4v) is 6.95. The van der Waals surface area contributed by atoms with Crippen molar-refractivity contribution < 1.29 is 13.2 Å².